The van der Waals surface area contributed by atoms with E-state index in [9.17, 15) is 27.0 Å². The summed E-state index contributed by atoms with van der Waals surface area (Å²) in [6, 6.07) is 28.4. The van der Waals surface area contributed by atoms with Gasteiger partial charge in [0.1, 0.15) is 58.9 Å². The van der Waals surface area contributed by atoms with Crippen LogP contribution in [0.4, 0.5) is 0 Å². The molecule has 0 unspecified atom stereocenters. The lowest BCUT2D eigenvalue weighted by Gasteiger charge is -2.28. The number of sulfonamides is 2. The fourth-order valence-corrected chi connectivity index (χ4v) is 9.93. The molecule has 0 fully saturated rings. The predicted molar refractivity (Wildman–Crippen MR) is 249 cm³/mol. The molecule has 0 aliphatic heterocycles. The molecule has 0 aliphatic rings. The molecule has 18 heteroatoms. The van der Waals surface area contributed by atoms with Crippen molar-refractivity contribution in [1.29, 1.82) is 0 Å². The molecule has 16 nitrogen and oxygen atoms in total. The second-order valence-electron chi connectivity index (χ2n) is 15.8. The summed E-state index contributed by atoms with van der Waals surface area (Å²) >= 11 is 0. The van der Waals surface area contributed by atoms with Crippen LogP contribution in [-0.2, 0) is 46.2 Å². The van der Waals surface area contributed by atoms with Crippen LogP contribution in [0.3, 0.4) is 0 Å². The highest BCUT2D eigenvalue weighted by atomic mass is 32.2. The summed E-state index contributed by atoms with van der Waals surface area (Å²) in [5, 5.41) is 19.6. The van der Waals surface area contributed by atoms with E-state index in [1.807, 2.05) is 0 Å². The normalized spacial score (nSPS) is 13.8. The van der Waals surface area contributed by atoms with Gasteiger partial charge in [0.05, 0.1) is 14.2 Å². The van der Waals surface area contributed by atoms with Crippen molar-refractivity contribution in [3.8, 4) is 23.0 Å². The van der Waals surface area contributed by atoms with Crippen molar-refractivity contribution in [2.75, 3.05) is 27.4 Å². The number of ether oxygens (including phenoxy) is 4. The Hall–Kier alpha value is -6.02. The van der Waals surface area contributed by atoms with Crippen LogP contribution in [0, 0.1) is 13.8 Å². The van der Waals surface area contributed by atoms with E-state index >= 15 is 0 Å². The maximum atomic E-state index is 14.1. The van der Waals surface area contributed by atoms with E-state index in [4.69, 9.17) is 18.9 Å². The topological polar surface area (TPSA) is 204 Å². The molecule has 66 heavy (non-hydrogen) atoms. The van der Waals surface area contributed by atoms with Crippen LogP contribution in [0.1, 0.15) is 71.1 Å². The smallest absolute Gasteiger partial charge is 0.220 e. The molecule has 4 atom stereocenters. The third-order valence-electron chi connectivity index (χ3n) is 10.9. The van der Waals surface area contributed by atoms with Crippen LogP contribution in [0.15, 0.2) is 122 Å². The number of aromatic nitrogens is 4. The van der Waals surface area contributed by atoms with E-state index in [0.717, 1.165) is 22.3 Å². The van der Waals surface area contributed by atoms with Crippen molar-refractivity contribution < 1.29 is 46.0 Å². The van der Waals surface area contributed by atoms with Crippen molar-refractivity contribution in [1.82, 2.24) is 28.5 Å². The largest absolute Gasteiger partial charge is 0.497 e. The molecule has 0 saturated heterocycles. The molecule has 350 valence electrons. The number of benzene rings is 4. The van der Waals surface area contributed by atoms with Crippen molar-refractivity contribution in [2.45, 2.75) is 76.6 Å². The molecule has 0 spiro atoms. The zero-order valence-corrected chi connectivity index (χ0v) is 39.4. The molecule has 2 N–H and O–H groups in total. The number of nitrogens with zero attached hydrogens (tertiary/aromatic N) is 6. The van der Waals surface area contributed by atoms with Gasteiger partial charge in [-0.05, 0) is 110 Å². The second kappa shape index (κ2) is 22.4. The molecular formula is C48H56N6O10S2. The van der Waals surface area contributed by atoms with Gasteiger partial charge in [-0.15, -0.1) is 0 Å². The fraction of sp³-hybridized carbons (Fsp3) is 0.333. The summed E-state index contributed by atoms with van der Waals surface area (Å²) in [5.41, 5.74) is 4.44. The molecule has 0 saturated carbocycles. The first-order valence-corrected chi connectivity index (χ1v) is 24.2. The van der Waals surface area contributed by atoms with Gasteiger partial charge < -0.3 is 29.2 Å². The Morgan fingerprint density at radius 1 is 0.470 bits per heavy atom. The zero-order chi connectivity index (χ0) is 47.4. The van der Waals surface area contributed by atoms with E-state index in [1.54, 1.807) is 125 Å². The summed E-state index contributed by atoms with van der Waals surface area (Å²) in [5.74, 6) is 2.43. The van der Waals surface area contributed by atoms with Gasteiger partial charge in [0.2, 0.25) is 20.0 Å². The molecular weight excluding hydrogens is 885 g/mol. The monoisotopic (exact) mass is 940 g/mol. The van der Waals surface area contributed by atoms with E-state index in [1.165, 1.54) is 47.2 Å². The fourth-order valence-electron chi connectivity index (χ4n) is 6.78. The summed E-state index contributed by atoms with van der Waals surface area (Å²) in [4.78, 5) is 16.6. The van der Waals surface area contributed by atoms with Crippen LogP contribution in [-0.4, -0.2) is 93.5 Å². The van der Waals surface area contributed by atoms with E-state index in [0.29, 0.717) is 34.1 Å². The Morgan fingerprint density at radius 3 is 0.985 bits per heavy atom. The summed E-state index contributed by atoms with van der Waals surface area (Å²) in [6.45, 7) is 7.04. The Bertz CT molecular complexity index is 2490. The zero-order valence-electron chi connectivity index (χ0n) is 37.8. The summed E-state index contributed by atoms with van der Waals surface area (Å²) in [6.07, 6.45) is 3.23. The van der Waals surface area contributed by atoms with Crippen molar-refractivity contribution in [2.24, 2.45) is 0 Å². The van der Waals surface area contributed by atoms with Gasteiger partial charge in [-0.3, -0.25) is 0 Å². The van der Waals surface area contributed by atoms with Crippen molar-refractivity contribution in [3.05, 3.63) is 167 Å². The number of rotatable bonds is 23. The number of hydrogen-bond acceptors (Lipinski definition) is 14. The highest BCUT2D eigenvalue weighted by molar-refractivity contribution is 7.90. The van der Waals surface area contributed by atoms with E-state index < -0.39 is 42.8 Å². The standard InChI is InChI=1S/C48H56N6O10S2/c1-33-25-49-47(50-26-33)45(55)35(3)65(57,58)53(29-37-7-15-41(61-5)16-8-37)31-39-11-19-43(20-12-39)63-23-24-64-44-21-13-40(14-22-44)32-54(30-38-9-17-42(62-6)18-10-38)66(59,60)36(4)46(56)48-51-27-34(2)28-52-48/h7-22,25-28,35-36,45-46,55-56H,23-24,29-32H2,1-6H3/t35-,36+,45+,46-. The van der Waals surface area contributed by atoms with Gasteiger partial charge in [-0.2, -0.15) is 8.61 Å². The van der Waals surface area contributed by atoms with Gasteiger partial charge in [-0.1, -0.05) is 48.5 Å². The maximum Gasteiger partial charge on any atom is 0.220 e. The lowest BCUT2D eigenvalue weighted by atomic mass is 10.2. The lowest BCUT2D eigenvalue weighted by Crippen LogP contribution is -2.40. The number of aryl methyl sites for hydroxylation is 2. The minimum absolute atomic E-state index is 0.0219. The highest BCUT2D eigenvalue weighted by Gasteiger charge is 2.37. The third-order valence-corrected chi connectivity index (χ3v) is 15.3. The molecule has 0 radical (unpaired) electrons. The van der Waals surface area contributed by atoms with Crippen LogP contribution in [0.25, 0.3) is 0 Å². The molecule has 4 aromatic carbocycles. The highest BCUT2D eigenvalue weighted by Crippen LogP contribution is 2.29. The van der Waals surface area contributed by atoms with Crippen LogP contribution in [0.5, 0.6) is 23.0 Å². The molecule has 0 aliphatic carbocycles. The maximum absolute atomic E-state index is 14.1. The first-order chi connectivity index (χ1) is 31.6. The first kappa shape index (κ1) is 49.4. The van der Waals surface area contributed by atoms with Crippen LogP contribution >= 0.6 is 0 Å². The Labute approximate surface area is 387 Å². The Kier molecular flexibility index (Phi) is 16.8. The third kappa shape index (κ3) is 12.9. The van der Waals surface area contributed by atoms with Crippen LogP contribution < -0.4 is 18.9 Å². The number of methoxy groups -OCH3 is 2. The van der Waals surface area contributed by atoms with Crippen LogP contribution in [0.2, 0.25) is 0 Å². The molecule has 2 aromatic heterocycles. The lowest BCUT2D eigenvalue weighted by molar-refractivity contribution is 0.162. The average Bonchev–Trinajstić information content (AvgIpc) is 3.33. The van der Waals surface area contributed by atoms with Gasteiger partial charge in [-0.25, -0.2) is 36.8 Å². The van der Waals surface area contributed by atoms with E-state index in [2.05, 4.69) is 19.9 Å². The molecule has 6 aromatic rings. The number of hydrogen-bond donors (Lipinski definition) is 2. The first-order valence-electron chi connectivity index (χ1n) is 21.2. The molecule has 0 amide bonds. The summed E-state index contributed by atoms with van der Waals surface area (Å²) < 4.78 is 81.5. The SMILES string of the molecule is COc1ccc(CN(Cc2ccc(OCCOc3ccc(CN(Cc4ccc(OC)cc4)S(=O)(=O)[C@@H](C)[C@@H](O)c4ncc(C)cn4)cc3)cc2)S(=O)(=O)[C@H](C)[C@H](O)c2ncc(C)cn2)cc1. The average molecular weight is 941 g/mol. The number of aliphatic hydroxyl groups excluding tert-OH is 2. The quantitative estimate of drug-likeness (QED) is 0.0681. The minimum Gasteiger partial charge on any atom is -0.497 e. The Balaban J connectivity index is 1.06. The predicted octanol–water partition coefficient (Wildman–Crippen LogP) is 6.27. The number of aliphatic hydroxyl groups is 2. The van der Waals surface area contributed by atoms with Gasteiger partial charge in [0, 0.05) is 51.0 Å². The minimum atomic E-state index is -4.10. The molecule has 2 heterocycles. The van der Waals surface area contributed by atoms with Crippen molar-refractivity contribution in [3.63, 3.8) is 0 Å². The summed E-state index contributed by atoms with van der Waals surface area (Å²) in [7, 11) is -5.07. The van der Waals surface area contributed by atoms with Gasteiger partial charge in [0.25, 0.3) is 0 Å². The van der Waals surface area contributed by atoms with E-state index in [-0.39, 0.29) is 51.0 Å². The molecule has 0 bridgehead atoms. The van der Waals surface area contributed by atoms with Crippen molar-refractivity contribution >= 4 is 20.0 Å². The molecule has 6 rings (SSSR count). The van der Waals surface area contributed by atoms with Gasteiger partial charge in [0.15, 0.2) is 11.6 Å². The second-order valence-corrected chi connectivity index (χ2v) is 20.4. The van der Waals surface area contributed by atoms with Gasteiger partial charge >= 0.3 is 0 Å². The Morgan fingerprint density at radius 2 is 0.727 bits per heavy atom.